The highest BCUT2D eigenvalue weighted by molar-refractivity contribution is 8.03. The Bertz CT molecular complexity index is 186. The molecule has 0 aromatic carbocycles. The molecule has 1 nitrogen and oxygen atoms in total. The van der Waals surface area contributed by atoms with Gasteiger partial charge in [-0.1, -0.05) is 13.5 Å². The summed E-state index contributed by atoms with van der Waals surface area (Å²) in [6, 6.07) is 1.97. The lowest BCUT2D eigenvalue weighted by Crippen LogP contribution is -1.72. The van der Waals surface area contributed by atoms with Crippen LogP contribution in [0.3, 0.4) is 0 Å². The number of hydrogen-bond donors (Lipinski definition) is 0. The lowest BCUT2D eigenvalue weighted by Gasteiger charge is -1.94. The summed E-state index contributed by atoms with van der Waals surface area (Å²) in [5.41, 5.74) is 0.526. The first kappa shape index (κ1) is 9.32. The molecule has 0 aliphatic carbocycles. The summed E-state index contributed by atoms with van der Waals surface area (Å²) in [4.78, 5) is 1.15. The van der Waals surface area contributed by atoms with Crippen LogP contribution in [-0.2, 0) is 0 Å². The van der Waals surface area contributed by atoms with Crippen molar-refractivity contribution in [2.45, 2.75) is 13.8 Å². The maximum absolute atomic E-state index is 8.35. The Hall–Kier alpha value is -0.680. The summed E-state index contributed by atoms with van der Waals surface area (Å²) < 4.78 is 0. The summed E-state index contributed by atoms with van der Waals surface area (Å²) in [6.45, 7) is 7.61. The molecule has 0 saturated carbocycles. The SMILES string of the molecule is C=C(C#N)/C=C(/C)SCC. The number of thioether (sulfide) groups is 1. The van der Waals surface area contributed by atoms with E-state index in [1.165, 1.54) is 0 Å². The number of nitriles is 1. The van der Waals surface area contributed by atoms with E-state index < -0.39 is 0 Å². The number of hydrogen-bond acceptors (Lipinski definition) is 2. The average molecular weight is 153 g/mol. The van der Waals surface area contributed by atoms with Crippen LogP contribution >= 0.6 is 11.8 Å². The van der Waals surface area contributed by atoms with Crippen molar-refractivity contribution in [2.24, 2.45) is 0 Å². The number of allylic oxidation sites excluding steroid dienone is 3. The zero-order valence-electron chi connectivity index (χ0n) is 6.35. The Labute approximate surface area is 66.4 Å². The molecule has 0 unspecified atom stereocenters. The minimum atomic E-state index is 0.526. The number of nitrogens with zero attached hydrogens (tertiary/aromatic N) is 1. The molecule has 0 aromatic rings. The summed E-state index contributed by atoms with van der Waals surface area (Å²) in [6.07, 6.45) is 1.80. The predicted octanol–water partition coefficient (Wildman–Crippen LogP) is 2.72. The third kappa shape index (κ3) is 4.22. The van der Waals surface area contributed by atoms with Gasteiger partial charge in [0, 0.05) is 5.57 Å². The van der Waals surface area contributed by atoms with Gasteiger partial charge in [-0.3, -0.25) is 0 Å². The fraction of sp³-hybridized carbons (Fsp3) is 0.375. The molecule has 0 amide bonds. The Morgan fingerprint density at radius 2 is 2.40 bits per heavy atom. The Kier molecular flexibility index (Phi) is 4.78. The molecule has 0 radical (unpaired) electrons. The van der Waals surface area contributed by atoms with Gasteiger partial charge in [0.05, 0.1) is 6.07 Å². The van der Waals surface area contributed by atoms with Gasteiger partial charge in [-0.2, -0.15) is 5.26 Å². The van der Waals surface area contributed by atoms with Crippen LogP contribution in [0.15, 0.2) is 23.1 Å². The maximum Gasteiger partial charge on any atom is 0.0985 e. The van der Waals surface area contributed by atoms with Gasteiger partial charge in [0.25, 0.3) is 0 Å². The van der Waals surface area contributed by atoms with E-state index in [1.807, 2.05) is 13.0 Å². The van der Waals surface area contributed by atoms with Crippen LogP contribution in [0, 0.1) is 11.3 Å². The summed E-state index contributed by atoms with van der Waals surface area (Å²) in [5.74, 6) is 1.04. The van der Waals surface area contributed by atoms with Crippen molar-refractivity contribution in [3.63, 3.8) is 0 Å². The third-order valence-corrected chi connectivity index (χ3v) is 1.75. The van der Waals surface area contributed by atoms with Crippen molar-refractivity contribution in [3.05, 3.63) is 23.1 Å². The molecule has 10 heavy (non-hydrogen) atoms. The van der Waals surface area contributed by atoms with Crippen molar-refractivity contribution in [1.29, 1.82) is 5.26 Å². The fourth-order valence-electron chi connectivity index (χ4n) is 0.547. The standard InChI is InChI=1S/C8H11NS/c1-4-10-8(3)5-7(2)6-9/h5H,2,4H2,1,3H3/b8-5-. The molecule has 0 rings (SSSR count). The van der Waals surface area contributed by atoms with E-state index in [2.05, 4.69) is 13.5 Å². The van der Waals surface area contributed by atoms with Gasteiger partial charge >= 0.3 is 0 Å². The van der Waals surface area contributed by atoms with E-state index >= 15 is 0 Å². The highest BCUT2D eigenvalue weighted by Crippen LogP contribution is 2.14. The second kappa shape index (κ2) is 5.13. The van der Waals surface area contributed by atoms with Crippen LogP contribution < -0.4 is 0 Å². The summed E-state index contributed by atoms with van der Waals surface area (Å²) in [5, 5.41) is 8.35. The lowest BCUT2D eigenvalue weighted by atomic mass is 10.3. The van der Waals surface area contributed by atoms with Gasteiger partial charge < -0.3 is 0 Å². The van der Waals surface area contributed by atoms with E-state index in [9.17, 15) is 0 Å². The number of rotatable bonds is 3. The van der Waals surface area contributed by atoms with Crippen molar-refractivity contribution >= 4 is 11.8 Å². The molecule has 0 saturated heterocycles. The summed E-state index contributed by atoms with van der Waals surface area (Å²) >= 11 is 1.72. The molecule has 0 aromatic heterocycles. The van der Waals surface area contributed by atoms with Crippen LogP contribution in [0.4, 0.5) is 0 Å². The molecule has 0 fully saturated rings. The first-order valence-electron chi connectivity index (χ1n) is 3.10. The normalized spacial score (nSPS) is 10.7. The highest BCUT2D eigenvalue weighted by Gasteiger charge is 1.88. The van der Waals surface area contributed by atoms with Gasteiger partial charge in [-0.05, 0) is 23.7 Å². The first-order valence-corrected chi connectivity index (χ1v) is 4.09. The van der Waals surface area contributed by atoms with E-state index in [4.69, 9.17) is 5.26 Å². The molecule has 2 heteroatoms. The van der Waals surface area contributed by atoms with Crippen molar-refractivity contribution in [1.82, 2.24) is 0 Å². The molecule has 54 valence electrons. The zero-order valence-corrected chi connectivity index (χ0v) is 7.16. The Morgan fingerprint density at radius 1 is 1.80 bits per heavy atom. The largest absolute Gasteiger partial charge is 0.192 e. The van der Waals surface area contributed by atoms with Crippen molar-refractivity contribution < 1.29 is 0 Å². The van der Waals surface area contributed by atoms with Crippen molar-refractivity contribution in [3.8, 4) is 6.07 Å². The zero-order chi connectivity index (χ0) is 7.98. The molecule has 0 atom stereocenters. The van der Waals surface area contributed by atoms with Crippen LogP contribution in [-0.4, -0.2) is 5.75 Å². The Balaban J connectivity index is 3.93. The summed E-state index contributed by atoms with van der Waals surface area (Å²) in [7, 11) is 0. The van der Waals surface area contributed by atoms with Gasteiger partial charge in [0.2, 0.25) is 0 Å². The second-order valence-electron chi connectivity index (χ2n) is 1.83. The van der Waals surface area contributed by atoms with Crippen LogP contribution in [0.2, 0.25) is 0 Å². The first-order chi connectivity index (χ1) is 4.70. The molecule has 0 N–H and O–H groups in total. The highest BCUT2D eigenvalue weighted by atomic mass is 32.2. The van der Waals surface area contributed by atoms with E-state index in [-0.39, 0.29) is 0 Å². The van der Waals surface area contributed by atoms with Gasteiger partial charge in [0.15, 0.2) is 0 Å². The van der Waals surface area contributed by atoms with E-state index in [0.29, 0.717) is 5.57 Å². The second-order valence-corrected chi connectivity index (χ2v) is 3.34. The average Bonchev–Trinajstić information content (AvgIpc) is 1.88. The monoisotopic (exact) mass is 153 g/mol. The molecule has 0 aliphatic heterocycles. The predicted molar refractivity (Wildman–Crippen MR) is 46.6 cm³/mol. The van der Waals surface area contributed by atoms with Gasteiger partial charge in [0.1, 0.15) is 0 Å². The smallest absolute Gasteiger partial charge is 0.0985 e. The Morgan fingerprint density at radius 3 is 2.80 bits per heavy atom. The maximum atomic E-state index is 8.35. The van der Waals surface area contributed by atoms with Crippen LogP contribution in [0.25, 0.3) is 0 Å². The molecule has 0 aliphatic rings. The van der Waals surface area contributed by atoms with E-state index in [0.717, 1.165) is 10.7 Å². The van der Waals surface area contributed by atoms with Crippen LogP contribution in [0.5, 0.6) is 0 Å². The fourth-order valence-corrected chi connectivity index (χ4v) is 1.23. The van der Waals surface area contributed by atoms with Gasteiger partial charge in [-0.25, -0.2) is 0 Å². The van der Waals surface area contributed by atoms with Crippen molar-refractivity contribution in [2.75, 3.05) is 5.75 Å². The minimum absolute atomic E-state index is 0.526. The van der Waals surface area contributed by atoms with Gasteiger partial charge in [-0.15, -0.1) is 11.8 Å². The topological polar surface area (TPSA) is 23.8 Å². The molecular formula is C8H11NS. The lowest BCUT2D eigenvalue weighted by molar-refractivity contribution is 1.49. The van der Waals surface area contributed by atoms with Crippen LogP contribution in [0.1, 0.15) is 13.8 Å². The third-order valence-electron chi connectivity index (χ3n) is 0.893. The minimum Gasteiger partial charge on any atom is -0.192 e. The molecule has 0 heterocycles. The van der Waals surface area contributed by atoms with E-state index in [1.54, 1.807) is 17.8 Å². The quantitative estimate of drug-likeness (QED) is 0.460. The molecule has 0 spiro atoms. The molecular weight excluding hydrogens is 142 g/mol. The molecule has 0 bridgehead atoms.